The van der Waals surface area contributed by atoms with Gasteiger partial charge in [0.1, 0.15) is 0 Å². The molecule has 0 unspecified atom stereocenters. The Kier molecular flexibility index (Phi) is 12.1. The Labute approximate surface area is 175 Å². The molecule has 0 saturated carbocycles. The molecule has 1 rings (SSSR count). The van der Waals surface area contributed by atoms with Crippen molar-refractivity contribution in [3.05, 3.63) is 29.3 Å². The molecule has 0 heterocycles. The summed E-state index contributed by atoms with van der Waals surface area (Å²) in [7, 11) is -1.47. The predicted octanol–water partition coefficient (Wildman–Crippen LogP) is 2.74. The highest BCUT2D eigenvalue weighted by Gasteiger charge is 2.10. The summed E-state index contributed by atoms with van der Waals surface area (Å²) in [6.45, 7) is 8.83. The zero-order valence-corrected chi connectivity index (χ0v) is 19.5. The van der Waals surface area contributed by atoms with Crippen LogP contribution >= 0.6 is 24.0 Å². The predicted molar refractivity (Wildman–Crippen MR) is 118 cm³/mol. The van der Waals surface area contributed by atoms with Crippen molar-refractivity contribution in [1.29, 1.82) is 0 Å². The quantitative estimate of drug-likeness (QED) is 0.238. The van der Waals surface area contributed by atoms with E-state index in [1.54, 1.807) is 20.0 Å². The monoisotopic (exact) mass is 497 g/mol. The first kappa shape index (κ1) is 25.1. The number of hydrogen-bond donors (Lipinski definition) is 2. The summed E-state index contributed by atoms with van der Waals surface area (Å²) in [6.07, 6.45) is 2.29. The second-order valence-electron chi connectivity index (χ2n) is 6.52. The molecule has 6 nitrogen and oxygen atoms in total. The topological polar surface area (TPSA) is 79.8 Å². The van der Waals surface area contributed by atoms with Gasteiger partial charge in [0, 0.05) is 33.0 Å². The van der Waals surface area contributed by atoms with Crippen molar-refractivity contribution >= 4 is 39.8 Å². The van der Waals surface area contributed by atoms with Gasteiger partial charge in [-0.15, -0.1) is 24.0 Å². The van der Waals surface area contributed by atoms with Crippen LogP contribution in [0, 0.1) is 12.8 Å². The number of halogens is 1. The highest BCUT2D eigenvalue weighted by Crippen LogP contribution is 2.16. The molecule has 0 aliphatic heterocycles. The maximum atomic E-state index is 11.7. The third-order valence-corrected chi connectivity index (χ3v) is 4.96. The number of hydrogen-bond acceptors (Lipinski definition) is 4. The Hall–Kier alpha value is -0.870. The van der Waals surface area contributed by atoms with E-state index in [0.717, 1.165) is 24.2 Å². The lowest BCUT2D eigenvalue weighted by Crippen LogP contribution is -2.38. The van der Waals surface area contributed by atoms with Crippen LogP contribution in [0.15, 0.2) is 28.1 Å². The number of rotatable bonds is 9. The van der Waals surface area contributed by atoms with Crippen LogP contribution < -0.4 is 10.6 Å². The number of ether oxygens (including phenoxy) is 1. The first-order valence-corrected chi connectivity index (χ1v) is 10.4. The van der Waals surface area contributed by atoms with Crippen LogP contribution in [0.4, 0.5) is 0 Å². The molecule has 0 aliphatic carbocycles. The molecule has 1 aromatic carbocycles. The number of benzene rings is 1. The van der Waals surface area contributed by atoms with Gasteiger partial charge in [0.25, 0.3) is 0 Å². The maximum Gasteiger partial charge on any atom is 0.191 e. The lowest BCUT2D eigenvalue weighted by molar-refractivity contribution is 0.128. The first-order chi connectivity index (χ1) is 11.7. The molecule has 2 N–H and O–H groups in total. The molecule has 0 aliphatic rings. The van der Waals surface area contributed by atoms with E-state index >= 15 is 0 Å². The minimum absolute atomic E-state index is 0. The van der Waals surface area contributed by atoms with Crippen LogP contribution in [0.2, 0.25) is 0 Å². The highest BCUT2D eigenvalue weighted by atomic mass is 127. The summed E-state index contributed by atoms with van der Waals surface area (Å²) in [5.41, 5.74) is 1.75. The number of aliphatic imine (C=N–C) groups is 1. The molecule has 0 amide bonds. The van der Waals surface area contributed by atoms with Crippen LogP contribution in [0.5, 0.6) is 0 Å². The zero-order chi connectivity index (χ0) is 18.9. The molecule has 1 aromatic rings. The summed E-state index contributed by atoms with van der Waals surface area (Å²) in [6, 6.07) is 5.35. The van der Waals surface area contributed by atoms with Crippen molar-refractivity contribution in [1.82, 2.24) is 10.6 Å². The van der Waals surface area contributed by atoms with E-state index in [1.807, 2.05) is 12.1 Å². The van der Waals surface area contributed by atoms with Gasteiger partial charge in [-0.1, -0.05) is 26.0 Å². The average Bonchev–Trinajstić information content (AvgIpc) is 2.52. The summed E-state index contributed by atoms with van der Waals surface area (Å²) in [5, 5.41) is 6.41. The largest absolute Gasteiger partial charge is 0.380 e. The Morgan fingerprint density at radius 3 is 2.46 bits per heavy atom. The molecule has 0 aromatic heterocycles. The zero-order valence-electron chi connectivity index (χ0n) is 16.3. The molecular weight excluding hydrogens is 465 g/mol. The number of guanidine groups is 1. The lowest BCUT2D eigenvalue weighted by atomic mass is 10.1. The van der Waals surface area contributed by atoms with Gasteiger partial charge < -0.3 is 15.4 Å². The number of sulfone groups is 1. The summed E-state index contributed by atoms with van der Waals surface area (Å²) in [5.74, 6) is 1.34. The normalized spacial score (nSPS) is 12.0. The molecule has 26 heavy (non-hydrogen) atoms. The fourth-order valence-corrected chi connectivity index (χ4v) is 3.27. The van der Waals surface area contributed by atoms with Gasteiger partial charge in [-0.3, -0.25) is 4.99 Å². The fourth-order valence-electron chi connectivity index (χ4n) is 2.31. The van der Waals surface area contributed by atoms with Crippen LogP contribution in [0.25, 0.3) is 0 Å². The summed E-state index contributed by atoms with van der Waals surface area (Å²) in [4.78, 5) is 4.54. The van der Waals surface area contributed by atoms with Gasteiger partial charge in [0.2, 0.25) is 0 Å². The standard InChI is InChI=1S/C18H31N3O3S.HI/c1-14(2)8-10-24-11-9-20-18(19-4)21-13-16-6-7-17(15(3)12-16)25(5,22)23;/h6-7,12,14H,8-11,13H2,1-5H3,(H2,19,20,21);1H. The van der Waals surface area contributed by atoms with Crippen molar-refractivity contribution in [2.45, 2.75) is 38.6 Å². The van der Waals surface area contributed by atoms with Crippen molar-refractivity contribution < 1.29 is 13.2 Å². The first-order valence-electron chi connectivity index (χ1n) is 8.56. The van der Waals surface area contributed by atoms with Gasteiger partial charge >= 0.3 is 0 Å². The van der Waals surface area contributed by atoms with Gasteiger partial charge in [-0.05, 0) is 36.5 Å². The molecule has 0 atom stereocenters. The van der Waals surface area contributed by atoms with Gasteiger partial charge in [-0.25, -0.2) is 8.42 Å². The second kappa shape index (κ2) is 12.5. The maximum absolute atomic E-state index is 11.7. The second-order valence-corrected chi connectivity index (χ2v) is 8.50. The third-order valence-electron chi connectivity index (χ3n) is 3.70. The van der Waals surface area contributed by atoms with Gasteiger partial charge in [0.15, 0.2) is 15.8 Å². The summed E-state index contributed by atoms with van der Waals surface area (Å²) < 4.78 is 28.9. The molecule has 150 valence electrons. The molecule has 0 radical (unpaired) electrons. The highest BCUT2D eigenvalue weighted by molar-refractivity contribution is 14.0. The molecular formula is C18H32IN3O3S. The number of nitrogens with one attached hydrogen (secondary N) is 2. The van der Waals surface area contributed by atoms with E-state index in [4.69, 9.17) is 4.74 Å². The summed E-state index contributed by atoms with van der Waals surface area (Å²) >= 11 is 0. The Balaban J connectivity index is 0.00000625. The van der Waals surface area contributed by atoms with Crippen LogP contribution in [0.3, 0.4) is 0 Å². The lowest BCUT2D eigenvalue weighted by Gasteiger charge is -2.13. The third kappa shape index (κ3) is 9.72. The number of nitrogens with zero attached hydrogens (tertiary/aromatic N) is 1. The molecule has 0 spiro atoms. The van der Waals surface area contributed by atoms with E-state index in [-0.39, 0.29) is 24.0 Å². The minimum atomic E-state index is -3.18. The van der Waals surface area contributed by atoms with Gasteiger partial charge in [0.05, 0.1) is 11.5 Å². The van der Waals surface area contributed by atoms with Crippen LogP contribution in [-0.2, 0) is 21.1 Å². The number of aryl methyl sites for hydroxylation is 1. The fraction of sp³-hybridized carbons (Fsp3) is 0.611. The van der Waals surface area contributed by atoms with Crippen LogP contribution in [0.1, 0.15) is 31.4 Å². The van der Waals surface area contributed by atoms with Crippen molar-refractivity contribution in [3.8, 4) is 0 Å². The Morgan fingerprint density at radius 1 is 1.23 bits per heavy atom. The van der Waals surface area contributed by atoms with E-state index in [0.29, 0.717) is 36.5 Å². The molecule has 0 fully saturated rings. The van der Waals surface area contributed by atoms with Crippen molar-refractivity contribution in [3.63, 3.8) is 0 Å². The van der Waals surface area contributed by atoms with E-state index in [2.05, 4.69) is 29.5 Å². The average molecular weight is 497 g/mol. The SMILES string of the molecule is CN=C(NCCOCCC(C)C)NCc1ccc(S(C)(=O)=O)c(C)c1.I. The molecule has 0 bridgehead atoms. The van der Waals surface area contributed by atoms with E-state index < -0.39 is 9.84 Å². The smallest absolute Gasteiger partial charge is 0.191 e. The molecule has 8 heteroatoms. The van der Waals surface area contributed by atoms with E-state index in [9.17, 15) is 8.42 Å². The Morgan fingerprint density at radius 2 is 1.92 bits per heavy atom. The molecule has 0 saturated heterocycles. The van der Waals surface area contributed by atoms with Crippen molar-refractivity contribution in [2.75, 3.05) is 33.1 Å². The van der Waals surface area contributed by atoms with Crippen molar-refractivity contribution in [2.24, 2.45) is 10.9 Å². The van der Waals surface area contributed by atoms with Crippen LogP contribution in [-0.4, -0.2) is 47.4 Å². The Bertz CT molecular complexity index is 676. The minimum Gasteiger partial charge on any atom is -0.380 e. The van der Waals surface area contributed by atoms with Gasteiger partial charge in [-0.2, -0.15) is 0 Å². The van der Waals surface area contributed by atoms with E-state index in [1.165, 1.54) is 6.26 Å².